The molecule has 0 radical (unpaired) electrons. The van der Waals surface area contributed by atoms with Crippen LogP contribution in [0.15, 0.2) is 30.3 Å². The van der Waals surface area contributed by atoms with Gasteiger partial charge in [0.1, 0.15) is 0 Å². The summed E-state index contributed by atoms with van der Waals surface area (Å²) >= 11 is 0. The van der Waals surface area contributed by atoms with E-state index in [2.05, 4.69) is 31.0 Å². The second-order valence-electron chi connectivity index (χ2n) is 4.06. The lowest BCUT2D eigenvalue weighted by Gasteiger charge is -2.16. The Morgan fingerprint density at radius 3 is 2.53 bits per heavy atom. The van der Waals surface area contributed by atoms with E-state index in [4.69, 9.17) is 5.73 Å². The number of hydrogen-bond donors (Lipinski definition) is 1. The van der Waals surface area contributed by atoms with Crippen molar-refractivity contribution >= 4 is 0 Å². The quantitative estimate of drug-likeness (QED) is 0.774. The predicted octanol–water partition coefficient (Wildman–Crippen LogP) is 2.42. The molecular formula is C13H22N2. The first-order valence-corrected chi connectivity index (χ1v) is 5.73. The van der Waals surface area contributed by atoms with Crippen LogP contribution in [0.2, 0.25) is 0 Å². The van der Waals surface area contributed by atoms with E-state index in [0.29, 0.717) is 0 Å². The average molecular weight is 206 g/mol. The highest BCUT2D eigenvalue weighted by Gasteiger charge is 2.04. The zero-order valence-corrected chi connectivity index (χ0v) is 9.82. The van der Waals surface area contributed by atoms with Gasteiger partial charge in [-0.25, -0.2) is 0 Å². The van der Waals surface area contributed by atoms with Crippen molar-refractivity contribution in [3.05, 3.63) is 35.9 Å². The molecular weight excluding hydrogens is 184 g/mol. The Balaban J connectivity index is 2.28. The molecule has 15 heavy (non-hydrogen) atoms. The minimum atomic E-state index is 0.191. The monoisotopic (exact) mass is 206 g/mol. The van der Waals surface area contributed by atoms with Crippen molar-refractivity contribution in [2.75, 3.05) is 20.1 Å². The molecule has 0 aliphatic rings. The Bertz CT molecular complexity index is 258. The first-order chi connectivity index (χ1) is 7.24. The molecule has 2 nitrogen and oxygen atoms in total. The second-order valence-corrected chi connectivity index (χ2v) is 4.06. The van der Waals surface area contributed by atoms with E-state index >= 15 is 0 Å². The van der Waals surface area contributed by atoms with Crippen LogP contribution in [0.25, 0.3) is 0 Å². The minimum absolute atomic E-state index is 0.191. The lowest BCUT2D eigenvalue weighted by molar-refractivity contribution is 0.338. The zero-order chi connectivity index (χ0) is 11.1. The fraction of sp³-hybridized carbons (Fsp3) is 0.538. The molecule has 1 aromatic carbocycles. The highest BCUT2D eigenvalue weighted by atomic mass is 15.1. The van der Waals surface area contributed by atoms with Crippen LogP contribution in [0.1, 0.15) is 31.4 Å². The lowest BCUT2D eigenvalue weighted by Crippen LogP contribution is -2.20. The molecule has 0 amide bonds. The zero-order valence-electron chi connectivity index (χ0n) is 9.82. The van der Waals surface area contributed by atoms with Gasteiger partial charge in [-0.15, -0.1) is 0 Å². The minimum Gasteiger partial charge on any atom is -0.324 e. The largest absolute Gasteiger partial charge is 0.324 e. The summed E-state index contributed by atoms with van der Waals surface area (Å²) in [5, 5.41) is 0. The van der Waals surface area contributed by atoms with E-state index in [0.717, 1.165) is 19.5 Å². The van der Waals surface area contributed by atoms with E-state index < -0.39 is 0 Å². The Labute approximate surface area is 93.1 Å². The van der Waals surface area contributed by atoms with E-state index in [1.807, 2.05) is 18.2 Å². The SMILES string of the molecule is CCN(C)CCCC(N)c1ccccc1. The van der Waals surface area contributed by atoms with Crippen molar-refractivity contribution in [3.8, 4) is 0 Å². The van der Waals surface area contributed by atoms with Crippen LogP contribution in [-0.4, -0.2) is 25.0 Å². The summed E-state index contributed by atoms with van der Waals surface area (Å²) in [5.74, 6) is 0. The van der Waals surface area contributed by atoms with Gasteiger partial charge in [-0.2, -0.15) is 0 Å². The number of nitrogens with zero attached hydrogens (tertiary/aromatic N) is 1. The Kier molecular flexibility index (Phi) is 5.37. The summed E-state index contributed by atoms with van der Waals surface area (Å²) < 4.78 is 0. The molecule has 1 rings (SSSR count). The summed E-state index contributed by atoms with van der Waals surface area (Å²) in [7, 11) is 2.15. The van der Waals surface area contributed by atoms with Crippen LogP contribution in [0, 0.1) is 0 Å². The van der Waals surface area contributed by atoms with Gasteiger partial charge in [0.15, 0.2) is 0 Å². The van der Waals surface area contributed by atoms with Crippen LogP contribution in [-0.2, 0) is 0 Å². The smallest absolute Gasteiger partial charge is 0.0295 e. The van der Waals surface area contributed by atoms with Crippen LogP contribution in [0.4, 0.5) is 0 Å². The van der Waals surface area contributed by atoms with Gasteiger partial charge in [-0.1, -0.05) is 37.3 Å². The van der Waals surface area contributed by atoms with Crippen molar-refractivity contribution in [1.82, 2.24) is 4.90 Å². The first-order valence-electron chi connectivity index (χ1n) is 5.73. The van der Waals surface area contributed by atoms with Gasteiger partial charge in [0.25, 0.3) is 0 Å². The normalized spacial score (nSPS) is 13.1. The molecule has 0 aliphatic carbocycles. The van der Waals surface area contributed by atoms with Crippen molar-refractivity contribution in [3.63, 3.8) is 0 Å². The van der Waals surface area contributed by atoms with Crippen LogP contribution in [0.5, 0.6) is 0 Å². The fourth-order valence-electron chi connectivity index (χ4n) is 1.61. The Hall–Kier alpha value is -0.860. The second kappa shape index (κ2) is 6.59. The Morgan fingerprint density at radius 1 is 1.27 bits per heavy atom. The molecule has 1 aromatic rings. The van der Waals surface area contributed by atoms with Crippen molar-refractivity contribution in [1.29, 1.82) is 0 Å². The molecule has 0 heterocycles. The molecule has 0 aromatic heterocycles. The first kappa shape index (κ1) is 12.2. The summed E-state index contributed by atoms with van der Waals surface area (Å²) in [6.45, 7) is 4.43. The molecule has 0 aliphatic heterocycles. The van der Waals surface area contributed by atoms with Gasteiger partial charge in [-0.3, -0.25) is 0 Å². The number of hydrogen-bond acceptors (Lipinski definition) is 2. The summed E-state index contributed by atoms with van der Waals surface area (Å²) in [4.78, 5) is 2.32. The highest BCUT2D eigenvalue weighted by molar-refractivity contribution is 5.18. The topological polar surface area (TPSA) is 29.3 Å². The molecule has 0 saturated carbocycles. The van der Waals surface area contributed by atoms with Gasteiger partial charge in [0.05, 0.1) is 0 Å². The fourth-order valence-corrected chi connectivity index (χ4v) is 1.61. The van der Waals surface area contributed by atoms with E-state index in [1.54, 1.807) is 0 Å². The number of rotatable bonds is 6. The molecule has 0 spiro atoms. The maximum Gasteiger partial charge on any atom is 0.0295 e. The molecule has 0 fully saturated rings. The summed E-state index contributed by atoms with van der Waals surface area (Å²) in [5.41, 5.74) is 7.35. The van der Waals surface area contributed by atoms with Gasteiger partial charge >= 0.3 is 0 Å². The van der Waals surface area contributed by atoms with E-state index in [1.165, 1.54) is 12.0 Å². The highest BCUT2D eigenvalue weighted by Crippen LogP contribution is 2.14. The molecule has 2 heteroatoms. The number of benzene rings is 1. The average Bonchev–Trinajstić information content (AvgIpc) is 2.29. The van der Waals surface area contributed by atoms with Crippen LogP contribution >= 0.6 is 0 Å². The van der Waals surface area contributed by atoms with Crippen molar-refractivity contribution in [2.24, 2.45) is 5.73 Å². The number of nitrogens with two attached hydrogens (primary N) is 1. The van der Waals surface area contributed by atoms with Gasteiger partial charge in [-0.05, 0) is 38.5 Å². The molecule has 1 unspecified atom stereocenters. The predicted molar refractivity (Wildman–Crippen MR) is 65.8 cm³/mol. The lowest BCUT2D eigenvalue weighted by atomic mass is 10.0. The third-order valence-electron chi connectivity index (χ3n) is 2.82. The third kappa shape index (κ3) is 4.45. The van der Waals surface area contributed by atoms with Crippen LogP contribution < -0.4 is 5.73 Å². The molecule has 84 valence electrons. The maximum absolute atomic E-state index is 6.10. The molecule has 1 atom stereocenters. The summed E-state index contributed by atoms with van der Waals surface area (Å²) in [6, 6.07) is 10.5. The third-order valence-corrected chi connectivity index (χ3v) is 2.82. The van der Waals surface area contributed by atoms with Gasteiger partial charge < -0.3 is 10.6 Å². The van der Waals surface area contributed by atoms with Crippen molar-refractivity contribution < 1.29 is 0 Å². The van der Waals surface area contributed by atoms with E-state index in [9.17, 15) is 0 Å². The molecule has 0 saturated heterocycles. The Morgan fingerprint density at radius 2 is 1.93 bits per heavy atom. The standard InChI is InChI=1S/C13H22N2/c1-3-15(2)11-7-10-13(14)12-8-5-4-6-9-12/h4-6,8-9,13H,3,7,10-11,14H2,1-2H3. The van der Waals surface area contributed by atoms with Gasteiger partial charge in [0.2, 0.25) is 0 Å². The van der Waals surface area contributed by atoms with E-state index in [-0.39, 0.29) is 6.04 Å². The molecule has 0 bridgehead atoms. The maximum atomic E-state index is 6.10. The van der Waals surface area contributed by atoms with Crippen molar-refractivity contribution in [2.45, 2.75) is 25.8 Å². The molecule has 2 N–H and O–H groups in total. The van der Waals surface area contributed by atoms with Gasteiger partial charge in [0, 0.05) is 6.04 Å². The summed E-state index contributed by atoms with van der Waals surface area (Å²) in [6.07, 6.45) is 2.23. The van der Waals surface area contributed by atoms with Crippen LogP contribution in [0.3, 0.4) is 0 Å².